The normalized spacial score (nSPS) is 11.3. The number of nitrogens with zero attached hydrogens (tertiary/aromatic N) is 1. The first-order chi connectivity index (χ1) is 7.25. The van der Waals surface area contributed by atoms with E-state index in [0.29, 0.717) is 5.69 Å². The fourth-order valence-corrected chi connectivity index (χ4v) is 2.59. The lowest BCUT2D eigenvalue weighted by Crippen LogP contribution is -2.25. The number of carbonyl (C=O) groups is 1. The van der Waals surface area contributed by atoms with Gasteiger partial charge >= 0.3 is 6.09 Å². The zero-order chi connectivity index (χ0) is 12.5. The largest absolute Gasteiger partial charge is 0.465 e. The molecule has 1 aromatic carbocycles. The molecule has 0 spiro atoms. The first-order valence-electron chi connectivity index (χ1n) is 5.01. The number of amides is 1. The van der Waals surface area contributed by atoms with E-state index in [1.54, 1.807) is 6.07 Å². The van der Waals surface area contributed by atoms with Crippen LogP contribution in [0.15, 0.2) is 22.7 Å². The van der Waals surface area contributed by atoms with E-state index in [4.69, 9.17) is 5.11 Å². The number of hydrogen-bond donors (Lipinski definition) is 1. The maximum Gasteiger partial charge on any atom is 0.411 e. The maximum atomic E-state index is 10.9. The molecule has 1 aromatic rings. The molecule has 0 unspecified atom stereocenters. The molecule has 0 bridgehead atoms. The first-order valence-corrected chi connectivity index (χ1v) is 5.80. The summed E-state index contributed by atoms with van der Waals surface area (Å²) in [6.07, 6.45) is -0.966. The Bertz CT molecular complexity index is 410. The highest BCUT2D eigenvalue weighted by Crippen LogP contribution is 2.36. The highest BCUT2D eigenvalue weighted by Gasteiger charge is 2.21. The van der Waals surface area contributed by atoms with Crippen LogP contribution in [0, 0.1) is 0 Å². The summed E-state index contributed by atoms with van der Waals surface area (Å²) in [6.45, 7) is 6.28. The molecule has 0 atom stereocenters. The van der Waals surface area contributed by atoms with Crippen molar-refractivity contribution in [2.45, 2.75) is 26.2 Å². The molecule has 0 aliphatic rings. The third kappa shape index (κ3) is 2.55. The zero-order valence-corrected chi connectivity index (χ0v) is 11.5. The van der Waals surface area contributed by atoms with Gasteiger partial charge in [0.1, 0.15) is 0 Å². The summed E-state index contributed by atoms with van der Waals surface area (Å²) in [5, 5.41) is 8.96. The molecule has 1 amide bonds. The Morgan fingerprint density at radius 2 is 1.94 bits per heavy atom. The minimum absolute atomic E-state index is 0.0197. The van der Waals surface area contributed by atoms with Crippen LogP contribution < -0.4 is 4.90 Å². The number of anilines is 1. The van der Waals surface area contributed by atoms with E-state index in [2.05, 4.69) is 36.7 Å². The van der Waals surface area contributed by atoms with E-state index in [1.165, 1.54) is 11.9 Å². The molecule has 0 aliphatic carbocycles. The van der Waals surface area contributed by atoms with Crippen LogP contribution in [0.5, 0.6) is 0 Å². The lowest BCUT2D eigenvalue weighted by Gasteiger charge is -2.24. The lowest BCUT2D eigenvalue weighted by atomic mass is 9.87. The Kier molecular flexibility index (Phi) is 3.63. The smallest absolute Gasteiger partial charge is 0.411 e. The van der Waals surface area contributed by atoms with Crippen LogP contribution in [-0.4, -0.2) is 18.2 Å². The number of hydrogen-bond acceptors (Lipinski definition) is 1. The number of benzene rings is 1. The van der Waals surface area contributed by atoms with E-state index in [-0.39, 0.29) is 5.41 Å². The van der Waals surface area contributed by atoms with Crippen LogP contribution in [-0.2, 0) is 5.41 Å². The van der Waals surface area contributed by atoms with Crippen molar-refractivity contribution < 1.29 is 9.90 Å². The van der Waals surface area contributed by atoms with E-state index < -0.39 is 6.09 Å². The summed E-state index contributed by atoms with van der Waals surface area (Å²) < 4.78 is 0.840. The van der Waals surface area contributed by atoms with Gasteiger partial charge in [0.2, 0.25) is 0 Å². The van der Waals surface area contributed by atoms with Gasteiger partial charge in [0.15, 0.2) is 0 Å². The average Bonchev–Trinajstić information content (AvgIpc) is 2.15. The van der Waals surface area contributed by atoms with Crippen molar-refractivity contribution in [3.05, 3.63) is 28.2 Å². The molecular weight excluding hydrogens is 270 g/mol. The van der Waals surface area contributed by atoms with Gasteiger partial charge in [-0.2, -0.15) is 0 Å². The van der Waals surface area contributed by atoms with Crippen molar-refractivity contribution in [3.8, 4) is 0 Å². The molecule has 0 fully saturated rings. The second-order valence-electron chi connectivity index (χ2n) is 4.73. The quantitative estimate of drug-likeness (QED) is 0.851. The van der Waals surface area contributed by atoms with Gasteiger partial charge in [-0.3, -0.25) is 4.90 Å². The van der Waals surface area contributed by atoms with Crippen molar-refractivity contribution in [1.29, 1.82) is 0 Å². The average molecular weight is 286 g/mol. The molecule has 3 nitrogen and oxygen atoms in total. The van der Waals surface area contributed by atoms with Gasteiger partial charge in [-0.1, -0.05) is 32.9 Å². The Morgan fingerprint density at radius 1 is 1.38 bits per heavy atom. The SMILES string of the molecule is CN(C(=O)O)c1cccc(C(C)(C)C)c1Br. The molecule has 4 heteroatoms. The predicted octanol–water partition coefficient (Wildman–Crippen LogP) is 3.86. The van der Waals surface area contributed by atoms with Gasteiger partial charge in [-0.05, 0) is 33.0 Å². The minimum atomic E-state index is -0.966. The van der Waals surface area contributed by atoms with Crippen LogP contribution >= 0.6 is 15.9 Å². The second kappa shape index (κ2) is 4.45. The van der Waals surface area contributed by atoms with Crippen LogP contribution in [0.25, 0.3) is 0 Å². The summed E-state index contributed by atoms with van der Waals surface area (Å²) in [5.74, 6) is 0. The summed E-state index contributed by atoms with van der Waals surface area (Å²) >= 11 is 3.48. The molecule has 16 heavy (non-hydrogen) atoms. The lowest BCUT2D eigenvalue weighted by molar-refractivity contribution is 0.203. The molecular formula is C12H16BrNO2. The van der Waals surface area contributed by atoms with Gasteiger partial charge in [0, 0.05) is 11.5 Å². The summed E-state index contributed by atoms with van der Waals surface area (Å²) in [7, 11) is 1.54. The molecule has 0 saturated heterocycles. The standard InChI is InChI=1S/C12H16BrNO2/c1-12(2,3)8-6-5-7-9(10(8)13)14(4)11(15)16/h5-7H,1-4H3,(H,15,16). The highest BCUT2D eigenvalue weighted by molar-refractivity contribution is 9.10. The van der Waals surface area contributed by atoms with E-state index >= 15 is 0 Å². The summed E-state index contributed by atoms with van der Waals surface area (Å²) in [5.41, 5.74) is 1.74. The molecule has 88 valence electrons. The minimum Gasteiger partial charge on any atom is -0.465 e. The van der Waals surface area contributed by atoms with Crippen molar-refractivity contribution in [1.82, 2.24) is 0 Å². The molecule has 0 heterocycles. The Hall–Kier alpha value is -1.03. The van der Waals surface area contributed by atoms with Gasteiger partial charge in [-0.15, -0.1) is 0 Å². The van der Waals surface area contributed by atoms with E-state index in [1.807, 2.05) is 12.1 Å². The fourth-order valence-electron chi connectivity index (χ4n) is 1.46. The molecule has 0 aliphatic heterocycles. The van der Waals surface area contributed by atoms with Crippen LogP contribution in [0.3, 0.4) is 0 Å². The van der Waals surface area contributed by atoms with Gasteiger partial charge in [-0.25, -0.2) is 4.79 Å². The molecule has 0 aromatic heterocycles. The Morgan fingerprint density at radius 3 is 2.38 bits per heavy atom. The second-order valence-corrected chi connectivity index (χ2v) is 5.52. The van der Waals surface area contributed by atoms with Crippen molar-refractivity contribution in [2.24, 2.45) is 0 Å². The number of rotatable bonds is 1. The van der Waals surface area contributed by atoms with Crippen molar-refractivity contribution >= 4 is 27.7 Å². The molecule has 0 radical (unpaired) electrons. The summed E-state index contributed by atoms with van der Waals surface area (Å²) in [4.78, 5) is 12.1. The first kappa shape index (κ1) is 13.0. The maximum absolute atomic E-state index is 10.9. The van der Waals surface area contributed by atoms with Crippen LogP contribution in [0.2, 0.25) is 0 Å². The monoisotopic (exact) mass is 285 g/mol. The fraction of sp³-hybridized carbons (Fsp3) is 0.417. The van der Waals surface area contributed by atoms with E-state index in [0.717, 1.165) is 10.0 Å². The Labute approximate surface area is 104 Å². The zero-order valence-electron chi connectivity index (χ0n) is 9.91. The molecule has 1 N–H and O–H groups in total. The highest BCUT2D eigenvalue weighted by atomic mass is 79.9. The number of carboxylic acid groups (broad SMARTS) is 1. The van der Waals surface area contributed by atoms with Gasteiger partial charge < -0.3 is 5.11 Å². The van der Waals surface area contributed by atoms with Crippen molar-refractivity contribution in [3.63, 3.8) is 0 Å². The topological polar surface area (TPSA) is 40.5 Å². The number of halogens is 1. The Balaban J connectivity index is 3.30. The van der Waals surface area contributed by atoms with E-state index in [9.17, 15) is 4.79 Å². The third-order valence-corrected chi connectivity index (χ3v) is 3.27. The molecule has 0 saturated carbocycles. The summed E-state index contributed by atoms with van der Waals surface area (Å²) in [6, 6.07) is 5.66. The van der Waals surface area contributed by atoms with Gasteiger partial charge in [0.25, 0.3) is 0 Å². The van der Waals surface area contributed by atoms with Gasteiger partial charge in [0.05, 0.1) is 5.69 Å². The van der Waals surface area contributed by atoms with Crippen LogP contribution in [0.1, 0.15) is 26.3 Å². The predicted molar refractivity (Wildman–Crippen MR) is 69.3 cm³/mol. The molecule has 1 rings (SSSR count). The van der Waals surface area contributed by atoms with Crippen LogP contribution in [0.4, 0.5) is 10.5 Å². The third-order valence-electron chi connectivity index (χ3n) is 2.43. The van der Waals surface area contributed by atoms with Crippen molar-refractivity contribution in [2.75, 3.05) is 11.9 Å².